The number of ether oxygens (including phenoxy) is 2. The number of hydrogen-bond acceptors (Lipinski definition) is 5. The van der Waals surface area contributed by atoms with Gasteiger partial charge in [0.15, 0.2) is 0 Å². The second kappa shape index (κ2) is 11.3. The second-order valence-corrected chi connectivity index (χ2v) is 8.62. The molecule has 2 aliphatic rings. The van der Waals surface area contributed by atoms with E-state index in [4.69, 9.17) is 24.4 Å². The number of fused-ring (bicyclic) bond motifs is 1. The van der Waals surface area contributed by atoms with Gasteiger partial charge in [-0.2, -0.15) is 13.2 Å². The number of rotatable bonds is 5. The average molecular weight is 469 g/mol. The molecule has 1 atom stereocenters. The minimum Gasteiger partial charge on any atom is -0.475 e. The number of hydrogen-bond donors (Lipinski definition) is 1. The molecule has 0 amide bonds. The number of piperidine rings is 1. The Balaban J connectivity index is 0.000000383. The van der Waals surface area contributed by atoms with E-state index in [0.717, 1.165) is 51.6 Å². The quantitative estimate of drug-likeness (QED) is 0.696. The molecule has 2 aromatic rings. The molecule has 9 heteroatoms. The molecule has 1 unspecified atom stereocenters. The molecular weight excluding hydrogens is 437 g/mol. The Morgan fingerprint density at radius 1 is 1.21 bits per heavy atom. The number of carboxylic acids is 1. The summed E-state index contributed by atoms with van der Waals surface area (Å²) in [5.74, 6) is -2.20. The standard InChI is InChI=1S/C22H30N2O2.C2HF3O2/c1-2-25-16-19-17-26-14-11-22(19)9-12-24(13-10-22)15-20-8-7-18-5-3-4-6-21(18)23-20;3-2(4,5)1(6)7/h3-8,19H,2,9-17H2,1H3;(H,6,7). The van der Waals surface area contributed by atoms with Crippen LogP contribution in [0.3, 0.4) is 0 Å². The molecule has 4 rings (SSSR count). The summed E-state index contributed by atoms with van der Waals surface area (Å²) in [5, 5.41) is 8.34. The van der Waals surface area contributed by atoms with E-state index < -0.39 is 12.1 Å². The third-order valence-corrected chi connectivity index (χ3v) is 6.59. The highest BCUT2D eigenvalue weighted by Crippen LogP contribution is 2.45. The highest BCUT2D eigenvalue weighted by atomic mass is 19.4. The minimum absolute atomic E-state index is 0.417. The molecule has 0 aliphatic carbocycles. The van der Waals surface area contributed by atoms with Gasteiger partial charge in [0.05, 0.1) is 24.4 Å². The van der Waals surface area contributed by atoms with E-state index in [2.05, 4.69) is 48.2 Å². The van der Waals surface area contributed by atoms with Gasteiger partial charge in [0, 0.05) is 31.1 Å². The number of halogens is 3. The Hall–Kier alpha value is -2.23. The fourth-order valence-corrected chi connectivity index (χ4v) is 4.61. The van der Waals surface area contributed by atoms with Gasteiger partial charge in [-0.25, -0.2) is 4.79 Å². The van der Waals surface area contributed by atoms with Gasteiger partial charge in [-0.15, -0.1) is 0 Å². The molecule has 33 heavy (non-hydrogen) atoms. The first-order valence-electron chi connectivity index (χ1n) is 11.3. The van der Waals surface area contributed by atoms with Gasteiger partial charge in [0.1, 0.15) is 0 Å². The number of para-hydroxylation sites is 1. The van der Waals surface area contributed by atoms with Crippen molar-refractivity contribution in [3.05, 3.63) is 42.1 Å². The Kier molecular flexibility index (Phi) is 8.67. The smallest absolute Gasteiger partial charge is 0.475 e. The molecule has 2 fully saturated rings. The maximum atomic E-state index is 10.6. The molecule has 1 aromatic carbocycles. The lowest BCUT2D eigenvalue weighted by Crippen LogP contribution is -2.49. The van der Waals surface area contributed by atoms with Crippen LogP contribution in [0, 0.1) is 11.3 Å². The first kappa shape index (κ1) is 25.4. The van der Waals surface area contributed by atoms with E-state index in [9.17, 15) is 13.2 Å². The van der Waals surface area contributed by atoms with Gasteiger partial charge in [-0.3, -0.25) is 9.88 Å². The first-order valence-corrected chi connectivity index (χ1v) is 11.3. The SMILES string of the molecule is CCOCC1COCCC12CCN(Cc1ccc3ccccc3n1)CC2.O=C(O)C(F)(F)F. The summed E-state index contributed by atoms with van der Waals surface area (Å²) in [6, 6.07) is 12.7. The lowest BCUT2D eigenvalue weighted by Gasteiger charge is -2.49. The largest absolute Gasteiger partial charge is 0.490 e. The molecule has 1 spiro atoms. The summed E-state index contributed by atoms with van der Waals surface area (Å²) >= 11 is 0. The minimum atomic E-state index is -5.08. The van der Waals surface area contributed by atoms with Gasteiger partial charge in [-0.1, -0.05) is 24.3 Å². The van der Waals surface area contributed by atoms with Crippen molar-refractivity contribution in [1.29, 1.82) is 0 Å². The van der Waals surface area contributed by atoms with Crippen molar-refractivity contribution in [2.24, 2.45) is 11.3 Å². The van der Waals surface area contributed by atoms with E-state index in [1.54, 1.807) is 0 Å². The fraction of sp³-hybridized carbons (Fsp3) is 0.583. The average Bonchev–Trinajstić information content (AvgIpc) is 2.80. The molecule has 0 bridgehead atoms. The van der Waals surface area contributed by atoms with E-state index in [1.807, 2.05) is 0 Å². The first-order chi connectivity index (χ1) is 15.7. The molecule has 3 heterocycles. The molecular formula is C24H31F3N2O4. The van der Waals surface area contributed by atoms with Crippen LogP contribution in [0.1, 0.15) is 31.9 Å². The summed E-state index contributed by atoms with van der Waals surface area (Å²) in [7, 11) is 0. The van der Waals surface area contributed by atoms with Crippen LogP contribution in [0.15, 0.2) is 36.4 Å². The van der Waals surface area contributed by atoms with Crippen LogP contribution >= 0.6 is 0 Å². The predicted octanol–water partition coefficient (Wildman–Crippen LogP) is 4.52. The number of carboxylic acid groups (broad SMARTS) is 1. The van der Waals surface area contributed by atoms with Crippen molar-refractivity contribution in [3.8, 4) is 0 Å². The van der Waals surface area contributed by atoms with E-state index in [0.29, 0.717) is 11.3 Å². The molecule has 0 saturated carbocycles. The summed E-state index contributed by atoms with van der Waals surface area (Å²) < 4.78 is 43.3. The second-order valence-electron chi connectivity index (χ2n) is 8.62. The number of nitrogens with zero attached hydrogens (tertiary/aromatic N) is 2. The van der Waals surface area contributed by atoms with Crippen LogP contribution in [-0.2, 0) is 20.8 Å². The maximum Gasteiger partial charge on any atom is 0.490 e. The predicted molar refractivity (Wildman–Crippen MR) is 118 cm³/mol. The number of carbonyl (C=O) groups is 1. The highest BCUT2D eigenvalue weighted by molar-refractivity contribution is 5.78. The van der Waals surface area contributed by atoms with Gasteiger partial charge < -0.3 is 14.6 Å². The third-order valence-electron chi connectivity index (χ3n) is 6.59. The number of aliphatic carboxylic acids is 1. The van der Waals surface area contributed by atoms with Crippen molar-refractivity contribution in [2.75, 3.05) is 39.5 Å². The zero-order valence-corrected chi connectivity index (χ0v) is 18.8. The summed E-state index contributed by atoms with van der Waals surface area (Å²) in [4.78, 5) is 16.3. The molecule has 6 nitrogen and oxygen atoms in total. The molecule has 182 valence electrons. The van der Waals surface area contributed by atoms with E-state index in [-0.39, 0.29) is 0 Å². The van der Waals surface area contributed by atoms with Crippen molar-refractivity contribution in [1.82, 2.24) is 9.88 Å². The van der Waals surface area contributed by atoms with Gasteiger partial charge >= 0.3 is 12.1 Å². The number of pyridine rings is 1. The zero-order valence-electron chi connectivity index (χ0n) is 18.8. The number of benzene rings is 1. The Labute approximate surface area is 191 Å². The zero-order chi connectivity index (χ0) is 23.9. The third kappa shape index (κ3) is 6.88. The van der Waals surface area contributed by atoms with E-state index >= 15 is 0 Å². The van der Waals surface area contributed by atoms with Crippen molar-refractivity contribution in [3.63, 3.8) is 0 Å². The fourth-order valence-electron chi connectivity index (χ4n) is 4.61. The van der Waals surface area contributed by atoms with Crippen molar-refractivity contribution >= 4 is 16.9 Å². The topological polar surface area (TPSA) is 71.9 Å². The number of alkyl halides is 3. The molecule has 2 saturated heterocycles. The van der Waals surface area contributed by atoms with Crippen molar-refractivity contribution in [2.45, 2.75) is 38.9 Å². The summed E-state index contributed by atoms with van der Waals surface area (Å²) in [5.41, 5.74) is 2.69. The van der Waals surface area contributed by atoms with Crippen LogP contribution in [-0.4, -0.2) is 66.7 Å². The molecule has 1 N–H and O–H groups in total. The van der Waals surface area contributed by atoms with Crippen molar-refractivity contribution < 1.29 is 32.5 Å². The van der Waals surface area contributed by atoms with Crippen LogP contribution in [0.5, 0.6) is 0 Å². The Morgan fingerprint density at radius 2 is 1.91 bits per heavy atom. The van der Waals surface area contributed by atoms with Crippen LogP contribution in [0.2, 0.25) is 0 Å². The Bertz CT molecular complexity index is 914. The molecule has 2 aliphatic heterocycles. The van der Waals surface area contributed by atoms with Crippen LogP contribution in [0.4, 0.5) is 13.2 Å². The highest BCUT2D eigenvalue weighted by Gasteiger charge is 2.43. The monoisotopic (exact) mass is 468 g/mol. The Morgan fingerprint density at radius 3 is 2.58 bits per heavy atom. The lowest BCUT2D eigenvalue weighted by molar-refractivity contribution is -0.192. The number of aromatic nitrogens is 1. The van der Waals surface area contributed by atoms with Crippen LogP contribution < -0.4 is 0 Å². The maximum absolute atomic E-state index is 10.6. The van der Waals surface area contributed by atoms with Gasteiger partial charge in [0.2, 0.25) is 0 Å². The molecule has 0 radical (unpaired) electrons. The van der Waals surface area contributed by atoms with Crippen LogP contribution in [0.25, 0.3) is 10.9 Å². The normalized spacial score (nSPS) is 20.9. The van der Waals surface area contributed by atoms with Gasteiger partial charge in [0.25, 0.3) is 0 Å². The number of likely N-dealkylation sites (tertiary alicyclic amines) is 1. The van der Waals surface area contributed by atoms with Gasteiger partial charge in [-0.05, 0) is 56.8 Å². The summed E-state index contributed by atoms with van der Waals surface area (Å²) in [6.07, 6.45) is -1.39. The van der Waals surface area contributed by atoms with E-state index in [1.165, 1.54) is 30.3 Å². The summed E-state index contributed by atoms with van der Waals surface area (Å²) in [6.45, 7) is 8.76. The lowest BCUT2D eigenvalue weighted by atomic mass is 9.66. The molecule has 1 aromatic heterocycles.